The van der Waals surface area contributed by atoms with Crippen molar-refractivity contribution in [2.75, 3.05) is 5.73 Å². The molecule has 0 aromatic carbocycles. The van der Waals surface area contributed by atoms with E-state index < -0.39 is 52.4 Å². The minimum atomic E-state index is -5.84. The quantitative estimate of drug-likeness (QED) is 0.0845. The minimum Gasteiger partial charge on any atom is -0.382 e. The number of hydrogen-bond donors (Lipinski definition) is 6. The van der Waals surface area contributed by atoms with Crippen LogP contribution >= 0.6 is 46.4 Å². The number of nitrogen functional groups attached to an aromatic ring is 1. The number of aliphatic hydroxyl groups is 1. The zero-order chi connectivity index (χ0) is 25.3. The smallest absolute Gasteiger partial charge is 0.382 e. The van der Waals surface area contributed by atoms with Gasteiger partial charge in [0.15, 0.2) is 5.60 Å². The standard InChI is InChI=1S/C11H12ClN6O12P3S/c12-7-5(3-1-34-6-4(3)15-2-16-8(6)13)27-11(17-18-14)9(10(7,11)19)28-32(23,24)30-33(25,26)29-31(20,21)22/h1-2,5,7,9,19H,(H,23,24)(H,25,26)(H2,13,15,16)(H2,20,21,22)/t5-,7-,9?,10+,11?/m0/s1. The van der Waals surface area contributed by atoms with Crippen LogP contribution in [0.5, 0.6) is 0 Å². The molecule has 0 bridgehead atoms. The summed E-state index contributed by atoms with van der Waals surface area (Å²) in [6.45, 7) is 0. The number of fused-ring (bicyclic) bond motifs is 2. The second kappa shape index (κ2) is 8.15. The van der Waals surface area contributed by atoms with E-state index in [1.54, 1.807) is 5.38 Å². The summed E-state index contributed by atoms with van der Waals surface area (Å²) < 4.78 is 52.4. The Bertz CT molecular complexity index is 1370. The summed E-state index contributed by atoms with van der Waals surface area (Å²) in [6, 6.07) is 0. The fourth-order valence-corrected chi connectivity index (χ4v) is 8.14. The predicted molar refractivity (Wildman–Crippen MR) is 111 cm³/mol. The Balaban J connectivity index is 1.61. The second-order valence-corrected chi connectivity index (χ2v) is 12.6. The highest BCUT2D eigenvalue weighted by molar-refractivity contribution is 7.66. The predicted octanol–water partition coefficient (Wildman–Crippen LogP) is 1.42. The SMILES string of the molecule is [N-]=[N+]=NC12O[C@@H](c3csc4c(N)ncnc34)[C@H](Cl)[C@@]1(O)C2OP(=O)(O)OP(=O)(O)OP(=O)(O)O. The molecule has 1 aliphatic carbocycles. The Morgan fingerprint density at radius 1 is 1.24 bits per heavy atom. The first-order chi connectivity index (χ1) is 15.6. The van der Waals surface area contributed by atoms with Gasteiger partial charge in [0.2, 0.25) is 5.72 Å². The van der Waals surface area contributed by atoms with Gasteiger partial charge in [0, 0.05) is 10.5 Å². The number of alkyl halides is 1. The van der Waals surface area contributed by atoms with Crippen LogP contribution in [0.1, 0.15) is 11.7 Å². The summed E-state index contributed by atoms with van der Waals surface area (Å²) in [5.41, 5.74) is 10.5. The lowest BCUT2D eigenvalue weighted by atomic mass is 10.0. The van der Waals surface area contributed by atoms with Crippen molar-refractivity contribution >= 4 is 62.4 Å². The molecule has 2 aromatic rings. The van der Waals surface area contributed by atoms with Crippen LogP contribution in [0.15, 0.2) is 16.8 Å². The molecular formula is C11H12ClN6O12P3S. The Labute approximate surface area is 196 Å². The van der Waals surface area contributed by atoms with E-state index in [0.717, 1.165) is 11.3 Å². The molecule has 1 saturated heterocycles. The van der Waals surface area contributed by atoms with E-state index in [9.17, 15) is 28.6 Å². The van der Waals surface area contributed by atoms with Crippen LogP contribution in [0.4, 0.5) is 5.82 Å². The number of phosphoric ester groups is 1. The molecule has 1 saturated carbocycles. The number of rotatable bonds is 8. The van der Waals surface area contributed by atoms with Crippen LogP contribution < -0.4 is 5.73 Å². The number of aromatic nitrogens is 2. The zero-order valence-corrected chi connectivity index (χ0v) is 20.2. The van der Waals surface area contributed by atoms with Crippen LogP contribution in [-0.4, -0.2) is 57.5 Å². The number of phosphoric acid groups is 3. The molecule has 7 N–H and O–H groups in total. The Kier molecular flexibility index (Phi) is 6.19. The average Bonchev–Trinajstić information content (AvgIpc) is 2.96. The topological polar surface area (TPSA) is 290 Å². The van der Waals surface area contributed by atoms with Gasteiger partial charge in [-0.1, -0.05) is 5.11 Å². The lowest BCUT2D eigenvalue weighted by Gasteiger charge is -2.23. The van der Waals surface area contributed by atoms with Gasteiger partial charge in [-0.2, -0.15) is 8.62 Å². The van der Waals surface area contributed by atoms with Gasteiger partial charge in [0.1, 0.15) is 24.4 Å². The average molecular weight is 581 g/mol. The normalized spacial score (nSPS) is 34.1. The maximum atomic E-state index is 12.2. The van der Waals surface area contributed by atoms with Crippen molar-refractivity contribution < 1.29 is 56.3 Å². The van der Waals surface area contributed by atoms with Gasteiger partial charge in [-0.05, 0) is 10.9 Å². The molecule has 0 radical (unpaired) electrons. The van der Waals surface area contributed by atoms with Crippen molar-refractivity contribution in [3.05, 3.63) is 27.7 Å². The summed E-state index contributed by atoms with van der Waals surface area (Å²) in [5.74, 6) is 0.157. The third kappa shape index (κ3) is 4.18. The van der Waals surface area contributed by atoms with Gasteiger partial charge in [-0.3, -0.25) is 4.52 Å². The van der Waals surface area contributed by atoms with Gasteiger partial charge in [0.25, 0.3) is 0 Å². The van der Waals surface area contributed by atoms with E-state index in [0.29, 0.717) is 15.8 Å². The van der Waals surface area contributed by atoms with Crippen molar-refractivity contribution in [1.82, 2.24) is 9.97 Å². The molecule has 23 heteroatoms. The summed E-state index contributed by atoms with van der Waals surface area (Å²) in [5, 5.41) is 14.4. The first kappa shape index (κ1) is 25.9. The van der Waals surface area contributed by atoms with E-state index in [4.69, 9.17) is 37.4 Å². The number of nitrogens with zero attached hydrogens (tertiary/aromatic N) is 5. The molecule has 0 spiro atoms. The van der Waals surface area contributed by atoms with Gasteiger partial charge in [0.05, 0.1) is 15.6 Å². The highest BCUT2D eigenvalue weighted by Crippen LogP contribution is 2.73. The number of halogens is 1. The van der Waals surface area contributed by atoms with Gasteiger partial charge >= 0.3 is 23.5 Å². The van der Waals surface area contributed by atoms with Crippen molar-refractivity contribution in [1.29, 1.82) is 0 Å². The number of thiophene rings is 1. The largest absolute Gasteiger partial charge is 0.490 e. The molecule has 18 nitrogen and oxygen atoms in total. The molecule has 1 aliphatic heterocycles. The van der Waals surface area contributed by atoms with Crippen molar-refractivity contribution in [3.8, 4) is 0 Å². The monoisotopic (exact) mass is 580 g/mol. The molecule has 34 heavy (non-hydrogen) atoms. The van der Waals surface area contributed by atoms with Crippen LogP contribution in [0, 0.1) is 0 Å². The molecule has 186 valence electrons. The molecule has 4 unspecified atom stereocenters. The fraction of sp³-hybridized carbons (Fsp3) is 0.455. The summed E-state index contributed by atoms with van der Waals surface area (Å²) >= 11 is 7.49. The zero-order valence-electron chi connectivity index (χ0n) is 15.9. The van der Waals surface area contributed by atoms with Crippen molar-refractivity contribution in [3.63, 3.8) is 0 Å². The third-order valence-corrected chi connectivity index (χ3v) is 10.2. The second-order valence-electron chi connectivity index (χ2n) is 6.86. The summed E-state index contributed by atoms with van der Waals surface area (Å²) in [6.07, 6.45) is -2.03. The Morgan fingerprint density at radius 2 is 1.91 bits per heavy atom. The van der Waals surface area contributed by atoms with Gasteiger partial charge in [-0.25, -0.2) is 23.7 Å². The number of ether oxygens (including phenoxy) is 1. The van der Waals surface area contributed by atoms with Crippen LogP contribution in [0.2, 0.25) is 0 Å². The number of nitrogens with two attached hydrogens (primary N) is 1. The Hall–Kier alpha value is -1.23. The third-order valence-electron chi connectivity index (χ3n) is 4.80. The number of anilines is 1. The molecule has 4 rings (SSSR count). The maximum absolute atomic E-state index is 12.2. The molecule has 2 aliphatic rings. The van der Waals surface area contributed by atoms with E-state index in [-0.39, 0.29) is 5.82 Å². The molecule has 2 aromatic heterocycles. The van der Waals surface area contributed by atoms with Crippen LogP contribution in [0.25, 0.3) is 20.7 Å². The van der Waals surface area contributed by atoms with Crippen molar-refractivity contribution in [2.45, 2.75) is 28.9 Å². The highest BCUT2D eigenvalue weighted by Gasteiger charge is 2.89. The fourth-order valence-electron chi connectivity index (χ4n) is 3.51. The lowest BCUT2D eigenvalue weighted by Crippen LogP contribution is -2.31. The molecular weight excluding hydrogens is 569 g/mol. The van der Waals surface area contributed by atoms with E-state index in [1.165, 1.54) is 6.33 Å². The maximum Gasteiger partial charge on any atom is 0.490 e. The van der Waals surface area contributed by atoms with Crippen LogP contribution in [-0.2, 0) is 31.6 Å². The Morgan fingerprint density at radius 3 is 2.53 bits per heavy atom. The van der Waals surface area contributed by atoms with Gasteiger partial charge < -0.3 is 35.2 Å². The van der Waals surface area contributed by atoms with Gasteiger partial charge in [-0.15, -0.1) is 22.9 Å². The van der Waals surface area contributed by atoms with Crippen molar-refractivity contribution in [2.24, 2.45) is 5.11 Å². The molecule has 0 amide bonds. The summed E-state index contributed by atoms with van der Waals surface area (Å²) in [7, 11) is -17.2. The van der Waals surface area contributed by atoms with E-state index in [2.05, 4.69) is 33.1 Å². The van der Waals surface area contributed by atoms with E-state index >= 15 is 0 Å². The highest BCUT2D eigenvalue weighted by atomic mass is 35.5. The first-order valence-electron chi connectivity index (χ1n) is 8.47. The molecule has 2 fully saturated rings. The molecule has 7 atom stereocenters. The lowest BCUT2D eigenvalue weighted by molar-refractivity contribution is -0.0278. The minimum absolute atomic E-state index is 0.157. The van der Waals surface area contributed by atoms with Crippen LogP contribution in [0.3, 0.4) is 0 Å². The number of hydrogen-bond acceptors (Lipinski definition) is 13. The summed E-state index contributed by atoms with van der Waals surface area (Å²) in [4.78, 5) is 46.7. The first-order valence-corrected chi connectivity index (χ1v) is 14.3. The van der Waals surface area contributed by atoms with E-state index in [1.807, 2.05) is 0 Å². The molecule has 3 heterocycles. The number of azide groups is 1.